The van der Waals surface area contributed by atoms with Crippen LogP contribution in [0.2, 0.25) is 5.02 Å². The van der Waals surface area contributed by atoms with Crippen LogP contribution < -0.4 is 5.73 Å². The summed E-state index contributed by atoms with van der Waals surface area (Å²) in [6.07, 6.45) is 0. The molecule has 0 bridgehead atoms. The summed E-state index contributed by atoms with van der Waals surface area (Å²) >= 11 is 5.81. The van der Waals surface area contributed by atoms with Crippen LogP contribution in [0.15, 0.2) is 24.3 Å². The second kappa shape index (κ2) is 5.22. The van der Waals surface area contributed by atoms with Gasteiger partial charge in [0.05, 0.1) is 13.2 Å². The molecule has 0 aliphatic heterocycles. The molecule has 0 aliphatic carbocycles. The Hall–Kier alpha value is -0.570. The molecule has 2 N–H and O–H groups in total. The second-order valence-corrected chi connectivity index (χ2v) is 3.56. The molecule has 13 heavy (non-hydrogen) atoms. The predicted molar refractivity (Wildman–Crippen MR) is 54.8 cm³/mol. The molecule has 0 aliphatic rings. The van der Waals surface area contributed by atoms with Crippen molar-refractivity contribution in [1.82, 2.24) is 0 Å². The van der Waals surface area contributed by atoms with Gasteiger partial charge < -0.3 is 10.5 Å². The quantitative estimate of drug-likeness (QED) is 0.807. The van der Waals surface area contributed by atoms with Crippen molar-refractivity contribution in [3.05, 3.63) is 34.9 Å². The van der Waals surface area contributed by atoms with Crippen LogP contribution in [0.5, 0.6) is 0 Å². The monoisotopic (exact) mass is 199 g/mol. The van der Waals surface area contributed by atoms with Crippen molar-refractivity contribution in [2.75, 3.05) is 6.61 Å². The van der Waals surface area contributed by atoms with Crippen LogP contribution >= 0.6 is 11.6 Å². The van der Waals surface area contributed by atoms with E-state index in [-0.39, 0.29) is 6.04 Å². The molecule has 1 aromatic carbocycles. The van der Waals surface area contributed by atoms with Gasteiger partial charge in [0.2, 0.25) is 0 Å². The van der Waals surface area contributed by atoms with Crippen molar-refractivity contribution in [2.45, 2.75) is 19.6 Å². The lowest BCUT2D eigenvalue weighted by Crippen LogP contribution is -2.21. The lowest BCUT2D eigenvalue weighted by Gasteiger charge is -2.06. The minimum atomic E-state index is 0.0826. The van der Waals surface area contributed by atoms with Gasteiger partial charge in [0.1, 0.15) is 0 Å². The van der Waals surface area contributed by atoms with Gasteiger partial charge in [-0.15, -0.1) is 0 Å². The molecule has 72 valence electrons. The Morgan fingerprint density at radius 3 is 2.92 bits per heavy atom. The zero-order chi connectivity index (χ0) is 9.68. The molecule has 0 saturated heterocycles. The Balaban J connectivity index is 2.37. The maximum atomic E-state index is 5.81. The number of hydrogen-bond acceptors (Lipinski definition) is 2. The van der Waals surface area contributed by atoms with Crippen molar-refractivity contribution in [3.63, 3.8) is 0 Å². The molecule has 0 saturated carbocycles. The third kappa shape index (κ3) is 4.27. The van der Waals surface area contributed by atoms with Gasteiger partial charge in [-0.2, -0.15) is 0 Å². The van der Waals surface area contributed by atoms with Crippen LogP contribution in [-0.4, -0.2) is 12.6 Å². The number of hydrogen-bond donors (Lipinski definition) is 1. The molecule has 0 heterocycles. The van der Waals surface area contributed by atoms with Gasteiger partial charge in [-0.25, -0.2) is 0 Å². The molecular formula is C10H14ClNO. The minimum Gasteiger partial charge on any atom is -0.375 e. The molecular weight excluding hydrogens is 186 g/mol. The fourth-order valence-electron chi connectivity index (χ4n) is 0.989. The molecule has 0 aromatic heterocycles. The Morgan fingerprint density at radius 1 is 1.54 bits per heavy atom. The number of ether oxygens (including phenoxy) is 1. The lowest BCUT2D eigenvalue weighted by atomic mass is 10.2. The highest BCUT2D eigenvalue weighted by molar-refractivity contribution is 6.30. The maximum Gasteiger partial charge on any atom is 0.0718 e. The maximum absolute atomic E-state index is 5.81. The predicted octanol–water partition coefficient (Wildman–Crippen LogP) is 2.20. The average molecular weight is 200 g/mol. The topological polar surface area (TPSA) is 35.2 Å². The summed E-state index contributed by atoms with van der Waals surface area (Å²) in [5, 5.41) is 0.738. The molecule has 2 nitrogen and oxygen atoms in total. The summed E-state index contributed by atoms with van der Waals surface area (Å²) in [4.78, 5) is 0. The van der Waals surface area contributed by atoms with E-state index in [0.29, 0.717) is 13.2 Å². The molecule has 0 spiro atoms. The Morgan fingerprint density at radius 2 is 2.31 bits per heavy atom. The van der Waals surface area contributed by atoms with Crippen molar-refractivity contribution >= 4 is 11.6 Å². The van der Waals surface area contributed by atoms with E-state index in [1.807, 2.05) is 31.2 Å². The highest BCUT2D eigenvalue weighted by Gasteiger charge is 1.96. The van der Waals surface area contributed by atoms with Crippen LogP contribution in [0.1, 0.15) is 12.5 Å². The summed E-state index contributed by atoms with van der Waals surface area (Å²) in [6, 6.07) is 7.71. The van der Waals surface area contributed by atoms with Gasteiger partial charge in [-0.3, -0.25) is 0 Å². The first-order valence-electron chi connectivity index (χ1n) is 4.26. The Labute approximate surface area is 83.6 Å². The number of halogens is 1. The largest absolute Gasteiger partial charge is 0.375 e. The fourth-order valence-corrected chi connectivity index (χ4v) is 1.20. The third-order valence-corrected chi connectivity index (χ3v) is 1.77. The molecule has 1 aromatic rings. The summed E-state index contributed by atoms with van der Waals surface area (Å²) in [6.45, 7) is 3.06. The van der Waals surface area contributed by atoms with Crippen LogP contribution in [-0.2, 0) is 11.3 Å². The number of rotatable bonds is 4. The first-order valence-corrected chi connectivity index (χ1v) is 4.64. The van der Waals surface area contributed by atoms with Crippen molar-refractivity contribution in [3.8, 4) is 0 Å². The number of nitrogens with two attached hydrogens (primary N) is 1. The van der Waals surface area contributed by atoms with Crippen LogP contribution in [0.25, 0.3) is 0 Å². The smallest absolute Gasteiger partial charge is 0.0718 e. The molecule has 0 radical (unpaired) electrons. The van der Waals surface area contributed by atoms with Gasteiger partial charge in [0, 0.05) is 11.1 Å². The molecule has 0 unspecified atom stereocenters. The highest BCUT2D eigenvalue weighted by atomic mass is 35.5. The standard InChI is InChI=1S/C10H14ClNO/c1-8(12)6-13-7-9-3-2-4-10(11)5-9/h2-5,8H,6-7,12H2,1H3/t8-/m0/s1. The van der Waals surface area contributed by atoms with E-state index in [0.717, 1.165) is 10.6 Å². The van der Waals surface area contributed by atoms with E-state index >= 15 is 0 Å². The first-order chi connectivity index (χ1) is 6.18. The Bertz CT molecular complexity index is 263. The van der Waals surface area contributed by atoms with Crippen molar-refractivity contribution in [2.24, 2.45) is 5.73 Å². The molecule has 1 rings (SSSR count). The summed E-state index contributed by atoms with van der Waals surface area (Å²) in [5.74, 6) is 0. The van der Waals surface area contributed by atoms with E-state index in [9.17, 15) is 0 Å². The van der Waals surface area contributed by atoms with Gasteiger partial charge in [0.15, 0.2) is 0 Å². The van der Waals surface area contributed by atoms with E-state index in [2.05, 4.69) is 0 Å². The zero-order valence-corrected chi connectivity index (χ0v) is 8.42. The second-order valence-electron chi connectivity index (χ2n) is 3.12. The SMILES string of the molecule is C[C@H](N)COCc1cccc(Cl)c1. The number of benzene rings is 1. The van der Waals surface area contributed by atoms with E-state index in [1.165, 1.54) is 0 Å². The molecule has 3 heteroatoms. The summed E-state index contributed by atoms with van der Waals surface area (Å²) in [5.41, 5.74) is 6.61. The normalized spacial score (nSPS) is 12.8. The minimum absolute atomic E-state index is 0.0826. The van der Waals surface area contributed by atoms with Crippen LogP contribution in [0, 0.1) is 0 Å². The van der Waals surface area contributed by atoms with Crippen LogP contribution in [0.3, 0.4) is 0 Å². The highest BCUT2D eigenvalue weighted by Crippen LogP contribution is 2.11. The summed E-state index contributed by atoms with van der Waals surface area (Å²) < 4.78 is 5.35. The zero-order valence-electron chi connectivity index (χ0n) is 7.66. The molecule has 0 amide bonds. The van der Waals surface area contributed by atoms with Crippen molar-refractivity contribution in [1.29, 1.82) is 0 Å². The lowest BCUT2D eigenvalue weighted by molar-refractivity contribution is 0.111. The van der Waals surface area contributed by atoms with E-state index in [4.69, 9.17) is 22.1 Å². The van der Waals surface area contributed by atoms with Crippen LogP contribution in [0.4, 0.5) is 0 Å². The average Bonchev–Trinajstić information content (AvgIpc) is 2.03. The van der Waals surface area contributed by atoms with Gasteiger partial charge in [-0.1, -0.05) is 23.7 Å². The summed E-state index contributed by atoms with van der Waals surface area (Å²) in [7, 11) is 0. The molecule has 0 fully saturated rings. The van der Waals surface area contributed by atoms with Gasteiger partial charge >= 0.3 is 0 Å². The van der Waals surface area contributed by atoms with Gasteiger partial charge in [0.25, 0.3) is 0 Å². The third-order valence-electron chi connectivity index (χ3n) is 1.54. The first kappa shape index (κ1) is 10.5. The Kier molecular flexibility index (Phi) is 4.22. The van der Waals surface area contributed by atoms with E-state index < -0.39 is 0 Å². The van der Waals surface area contributed by atoms with Gasteiger partial charge in [-0.05, 0) is 24.6 Å². The fraction of sp³-hybridized carbons (Fsp3) is 0.400. The van der Waals surface area contributed by atoms with E-state index in [1.54, 1.807) is 0 Å². The molecule has 1 atom stereocenters. The van der Waals surface area contributed by atoms with Crippen molar-refractivity contribution < 1.29 is 4.74 Å².